The molecule has 0 heterocycles. The van der Waals surface area contributed by atoms with E-state index >= 15 is 0 Å². The SMILES string of the molecule is COc1ccc(OS(C)(=O)=O)c(NN)c1. The Balaban J connectivity index is 3.08. The summed E-state index contributed by atoms with van der Waals surface area (Å²) >= 11 is 0. The first-order chi connectivity index (χ1) is 6.96. The number of methoxy groups -OCH3 is 1. The van der Waals surface area contributed by atoms with Crippen LogP contribution in [0.5, 0.6) is 11.5 Å². The van der Waals surface area contributed by atoms with E-state index in [4.69, 9.17) is 14.8 Å². The van der Waals surface area contributed by atoms with E-state index in [0.29, 0.717) is 11.4 Å². The zero-order valence-corrected chi connectivity index (χ0v) is 9.17. The zero-order valence-electron chi connectivity index (χ0n) is 8.35. The number of rotatable bonds is 4. The van der Waals surface area contributed by atoms with Crippen LogP contribution in [0.2, 0.25) is 0 Å². The molecule has 0 unspecified atom stereocenters. The van der Waals surface area contributed by atoms with Gasteiger partial charge in [-0.2, -0.15) is 8.42 Å². The highest BCUT2D eigenvalue weighted by Crippen LogP contribution is 2.29. The number of nitrogens with one attached hydrogen (secondary N) is 1. The molecule has 7 heteroatoms. The molecule has 3 N–H and O–H groups in total. The summed E-state index contributed by atoms with van der Waals surface area (Å²) in [6.45, 7) is 0. The average molecular weight is 232 g/mol. The van der Waals surface area contributed by atoms with Crippen LogP contribution >= 0.6 is 0 Å². The molecule has 84 valence electrons. The fourth-order valence-electron chi connectivity index (χ4n) is 0.985. The summed E-state index contributed by atoms with van der Waals surface area (Å²) in [7, 11) is -2.07. The molecule has 1 aromatic carbocycles. The van der Waals surface area contributed by atoms with Gasteiger partial charge in [-0.1, -0.05) is 0 Å². The molecule has 1 aromatic rings. The molecule has 0 spiro atoms. The number of nitrogens with two attached hydrogens (primary N) is 1. The lowest BCUT2D eigenvalue weighted by Gasteiger charge is -2.10. The standard InChI is InChI=1S/C8H12N2O4S/c1-13-6-3-4-8(7(5-6)10-9)14-15(2,11)12/h3-5,10H,9H2,1-2H3. The van der Waals surface area contributed by atoms with Crippen molar-refractivity contribution in [2.45, 2.75) is 0 Å². The second kappa shape index (κ2) is 4.37. The first-order valence-electron chi connectivity index (χ1n) is 4.00. The minimum atomic E-state index is -3.57. The van der Waals surface area contributed by atoms with Crippen molar-refractivity contribution in [2.24, 2.45) is 5.84 Å². The number of nitrogen functional groups attached to an aromatic ring is 1. The molecule has 0 aliphatic heterocycles. The summed E-state index contributed by atoms with van der Waals surface area (Å²) in [6, 6.07) is 4.55. The lowest BCUT2D eigenvalue weighted by molar-refractivity contribution is 0.414. The highest BCUT2D eigenvalue weighted by molar-refractivity contribution is 7.86. The third kappa shape index (κ3) is 3.30. The molecule has 0 radical (unpaired) electrons. The number of hydrogen-bond acceptors (Lipinski definition) is 6. The summed E-state index contributed by atoms with van der Waals surface area (Å²) < 4.78 is 31.4. The van der Waals surface area contributed by atoms with Gasteiger partial charge in [0.1, 0.15) is 5.75 Å². The summed E-state index contributed by atoms with van der Waals surface area (Å²) in [5, 5.41) is 0. The minimum absolute atomic E-state index is 0.126. The molecule has 0 saturated carbocycles. The number of ether oxygens (including phenoxy) is 1. The second-order valence-corrected chi connectivity index (χ2v) is 4.37. The Bertz CT molecular complexity index is 444. The summed E-state index contributed by atoms with van der Waals surface area (Å²) in [4.78, 5) is 0. The van der Waals surface area contributed by atoms with Crippen molar-refractivity contribution in [3.8, 4) is 11.5 Å². The van der Waals surface area contributed by atoms with Gasteiger partial charge >= 0.3 is 10.1 Å². The predicted molar refractivity (Wildman–Crippen MR) is 56.3 cm³/mol. The van der Waals surface area contributed by atoms with Gasteiger partial charge in [0.25, 0.3) is 0 Å². The maximum atomic E-state index is 10.9. The van der Waals surface area contributed by atoms with Crippen molar-refractivity contribution >= 4 is 15.8 Å². The maximum absolute atomic E-state index is 10.9. The highest BCUT2D eigenvalue weighted by atomic mass is 32.2. The van der Waals surface area contributed by atoms with Crippen molar-refractivity contribution in [1.29, 1.82) is 0 Å². The van der Waals surface area contributed by atoms with Crippen LogP contribution in [0.25, 0.3) is 0 Å². The summed E-state index contributed by atoms with van der Waals surface area (Å²) in [5.74, 6) is 5.88. The van der Waals surface area contributed by atoms with Gasteiger partial charge in [0, 0.05) is 6.07 Å². The van der Waals surface area contributed by atoms with Crippen LogP contribution in [0.3, 0.4) is 0 Å². The maximum Gasteiger partial charge on any atom is 0.306 e. The van der Waals surface area contributed by atoms with Gasteiger partial charge in [0.05, 0.1) is 19.1 Å². The number of hydrogen-bond donors (Lipinski definition) is 2. The van der Waals surface area contributed by atoms with Gasteiger partial charge in [0.15, 0.2) is 5.75 Å². The minimum Gasteiger partial charge on any atom is -0.497 e. The van der Waals surface area contributed by atoms with Gasteiger partial charge in [-0.25, -0.2) is 0 Å². The smallest absolute Gasteiger partial charge is 0.306 e. The molecule has 0 aliphatic rings. The summed E-state index contributed by atoms with van der Waals surface area (Å²) in [5.41, 5.74) is 2.66. The van der Waals surface area contributed by atoms with Crippen LogP contribution < -0.4 is 20.2 Å². The van der Waals surface area contributed by atoms with Gasteiger partial charge in [0.2, 0.25) is 0 Å². The Morgan fingerprint density at radius 2 is 2.07 bits per heavy atom. The Labute approximate surface area is 88.1 Å². The first kappa shape index (κ1) is 11.6. The van der Waals surface area contributed by atoms with E-state index in [-0.39, 0.29) is 5.75 Å². The number of benzene rings is 1. The number of hydrazine groups is 1. The van der Waals surface area contributed by atoms with E-state index in [1.54, 1.807) is 6.07 Å². The van der Waals surface area contributed by atoms with E-state index < -0.39 is 10.1 Å². The Hall–Kier alpha value is -1.47. The van der Waals surface area contributed by atoms with E-state index in [9.17, 15) is 8.42 Å². The second-order valence-electron chi connectivity index (χ2n) is 2.79. The molecule has 0 fully saturated rings. The third-order valence-corrected chi connectivity index (χ3v) is 2.07. The Morgan fingerprint density at radius 1 is 1.40 bits per heavy atom. The third-order valence-electron chi connectivity index (χ3n) is 1.58. The van der Waals surface area contributed by atoms with Crippen LogP contribution in [-0.2, 0) is 10.1 Å². The lowest BCUT2D eigenvalue weighted by atomic mass is 10.3. The van der Waals surface area contributed by atoms with Gasteiger partial charge < -0.3 is 14.3 Å². The van der Waals surface area contributed by atoms with Gasteiger partial charge in [-0.05, 0) is 12.1 Å². The molecule has 6 nitrogen and oxygen atoms in total. The van der Waals surface area contributed by atoms with E-state index in [2.05, 4.69) is 5.43 Å². The van der Waals surface area contributed by atoms with Crippen LogP contribution in [0.1, 0.15) is 0 Å². The normalized spacial score (nSPS) is 10.9. The molecule has 0 aromatic heterocycles. The monoisotopic (exact) mass is 232 g/mol. The molecule has 0 atom stereocenters. The Kier molecular flexibility index (Phi) is 3.38. The van der Waals surface area contributed by atoms with Crippen molar-refractivity contribution in [3.63, 3.8) is 0 Å². The van der Waals surface area contributed by atoms with Crippen molar-refractivity contribution < 1.29 is 17.3 Å². The quantitative estimate of drug-likeness (QED) is 0.441. The molecule has 0 aliphatic carbocycles. The molecular formula is C8H12N2O4S. The molecule has 15 heavy (non-hydrogen) atoms. The van der Waals surface area contributed by atoms with Crippen molar-refractivity contribution in [1.82, 2.24) is 0 Å². The largest absolute Gasteiger partial charge is 0.497 e. The lowest BCUT2D eigenvalue weighted by Crippen LogP contribution is -2.12. The molecule has 0 amide bonds. The van der Waals surface area contributed by atoms with Crippen molar-refractivity contribution in [2.75, 3.05) is 18.8 Å². The van der Waals surface area contributed by atoms with E-state index in [1.807, 2.05) is 0 Å². The van der Waals surface area contributed by atoms with E-state index in [0.717, 1.165) is 6.26 Å². The first-order valence-corrected chi connectivity index (χ1v) is 5.82. The average Bonchev–Trinajstić information content (AvgIpc) is 2.16. The fraction of sp³-hybridized carbons (Fsp3) is 0.250. The molecule has 0 saturated heterocycles. The molecule has 1 rings (SSSR count). The van der Waals surface area contributed by atoms with Crippen LogP contribution in [-0.4, -0.2) is 21.8 Å². The fourth-order valence-corrected chi connectivity index (χ4v) is 1.46. The number of anilines is 1. The predicted octanol–water partition coefficient (Wildman–Crippen LogP) is 0.319. The van der Waals surface area contributed by atoms with E-state index in [1.165, 1.54) is 19.2 Å². The molecular weight excluding hydrogens is 220 g/mol. The van der Waals surface area contributed by atoms with Crippen molar-refractivity contribution in [3.05, 3.63) is 18.2 Å². The summed E-state index contributed by atoms with van der Waals surface area (Å²) in [6.07, 6.45) is 0.956. The molecule has 0 bridgehead atoms. The highest BCUT2D eigenvalue weighted by Gasteiger charge is 2.10. The van der Waals surface area contributed by atoms with Crippen LogP contribution in [0.15, 0.2) is 18.2 Å². The van der Waals surface area contributed by atoms with Gasteiger partial charge in [-0.15, -0.1) is 0 Å². The Morgan fingerprint density at radius 3 is 2.53 bits per heavy atom. The topological polar surface area (TPSA) is 90.6 Å². The zero-order chi connectivity index (χ0) is 11.5. The van der Waals surface area contributed by atoms with Crippen LogP contribution in [0, 0.1) is 0 Å². The van der Waals surface area contributed by atoms with Gasteiger partial charge in [-0.3, -0.25) is 5.84 Å². The van der Waals surface area contributed by atoms with Crippen LogP contribution in [0.4, 0.5) is 5.69 Å².